The Kier molecular flexibility index (Phi) is 4.90. The Morgan fingerprint density at radius 3 is 2.25 bits per heavy atom. The van der Waals surface area contributed by atoms with Crippen LogP contribution >= 0.6 is 0 Å². The molecule has 5 heteroatoms. The van der Waals surface area contributed by atoms with Gasteiger partial charge in [-0.25, -0.2) is 4.39 Å². The van der Waals surface area contributed by atoms with Gasteiger partial charge in [-0.05, 0) is 24.2 Å². The van der Waals surface area contributed by atoms with Crippen LogP contribution in [0.5, 0.6) is 0 Å². The van der Waals surface area contributed by atoms with E-state index in [1.165, 1.54) is 17.7 Å². The standard InChI is InChI=1S/C15H17BFNO2/c1-18(10-12-5-3-2-4-6-12)11-13-7-8-14(16(19)20)15(17)9-13/h2-9,19-20H,10-11H2,1H3. The summed E-state index contributed by atoms with van der Waals surface area (Å²) in [5, 5.41) is 18.0. The highest BCUT2D eigenvalue weighted by molar-refractivity contribution is 6.58. The summed E-state index contributed by atoms with van der Waals surface area (Å²) in [7, 11) is 0.186. The van der Waals surface area contributed by atoms with Crippen LogP contribution in [0, 0.1) is 5.82 Å². The second-order valence-corrected chi connectivity index (χ2v) is 4.89. The Balaban J connectivity index is 2.01. The Labute approximate surface area is 118 Å². The van der Waals surface area contributed by atoms with Crippen molar-refractivity contribution in [2.24, 2.45) is 0 Å². The van der Waals surface area contributed by atoms with Crippen molar-refractivity contribution in [2.75, 3.05) is 7.05 Å². The van der Waals surface area contributed by atoms with Gasteiger partial charge in [0.25, 0.3) is 0 Å². The van der Waals surface area contributed by atoms with Crippen LogP contribution in [0.25, 0.3) is 0 Å². The van der Waals surface area contributed by atoms with E-state index in [1.807, 2.05) is 37.4 Å². The van der Waals surface area contributed by atoms with Crippen LogP contribution in [-0.4, -0.2) is 29.1 Å². The highest BCUT2D eigenvalue weighted by atomic mass is 19.1. The maximum Gasteiger partial charge on any atom is 0.491 e. The van der Waals surface area contributed by atoms with Crippen molar-refractivity contribution in [1.82, 2.24) is 4.90 Å². The monoisotopic (exact) mass is 273 g/mol. The van der Waals surface area contributed by atoms with Gasteiger partial charge in [-0.2, -0.15) is 0 Å². The van der Waals surface area contributed by atoms with Crippen molar-refractivity contribution in [3.63, 3.8) is 0 Å². The topological polar surface area (TPSA) is 43.7 Å². The van der Waals surface area contributed by atoms with Gasteiger partial charge in [0.15, 0.2) is 0 Å². The molecule has 0 unspecified atom stereocenters. The van der Waals surface area contributed by atoms with E-state index in [9.17, 15) is 4.39 Å². The number of halogens is 1. The molecule has 0 amide bonds. The van der Waals surface area contributed by atoms with Gasteiger partial charge < -0.3 is 10.0 Å². The smallest absolute Gasteiger partial charge is 0.423 e. The first-order chi connectivity index (χ1) is 9.56. The van der Waals surface area contributed by atoms with E-state index in [2.05, 4.69) is 4.90 Å². The van der Waals surface area contributed by atoms with Crippen LogP contribution in [-0.2, 0) is 13.1 Å². The zero-order valence-electron chi connectivity index (χ0n) is 11.3. The zero-order chi connectivity index (χ0) is 14.5. The van der Waals surface area contributed by atoms with E-state index >= 15 is 0 Å². The zero-order valence-corrected chi connectivity index (χ0v) is 11.3. The summed E-state index contributed by atoms with van der Waals surface area (Å²) in [4.78, 5) is 2.07. The molecular formula is C15H17BFNO2. The molecule has 0 radical (unpaired) electrons. The van der Waals surface area contributed by atoms with E-state index in [1.54, 1.807) is 6.07 Å². The molecule has 0 aliphatic carbocycles. The largest absolute Gasteiger partial charge is 0.491 e. The van der Waals surface area contributed by atoms with Crippen LogP contribution in [0.4, 0.5) is 4.39 Å². The van der Waals surface area contributed by atoms with E-state index in [-0.39, 0.29) is 5.46 Å². The number of nitrogens with zero attached hydrogens (tertiary/aromatic N) is 1. The lowest BCUT2D eigenvalue weighted by molar-refractivity contribution is 0.318. The van der Waals surface area contributed by atoms with Crippen molar-refractivity contribution in [1.29, 1.82) is 0 Å². The first-order valence-electron chi connectivity index (χ1n) is 6.43. The summed E-state index contributed by atoms with van der Waals surface area (Å²) in [6.07, 6.45) is 0. The van der Waals surface area contributed by atoms with Gasteiger partial charge >= 0.3 is 7.12 Å². The minimum absolute atomic E-state index is 0.0977. The first-order valence-corrected chi connectivity index (χ1v) is 6.43. The van der Waals surface area contributed by atoms with Crippen molar-refractivity contribution in [2.45, 2.75) is 13.1 Å². The molecule has 0 atom stereocenters. The van der Waals surface area contributed by atoms with Crippen LogP contribution in [0.15, 0.2) is 48.5 Å². The molecule has 0 spiro atoms. The Morgan fingerprint density at radius 1 is 1.00 bits per heavy atom. The lowest BCUT2D eigenvalue weighted by Crippen LogP contribution is -2.33. The highest BCUT2D eigenvalue weighted by Crippen LogP contribution is 2.09. The van der Waals surface area contributed by atoms with Crippen molar-refractivity contribution in [3.05, 3.63) is 65.5 Å². The normalized spacial score (nSPS) is 10.8. The summed E-state index contributed by atoms with van der Waals surface area (Å²) in [6, 6.07) is 14.5. The van der Waals surface area contributed by atoms with Gasteiger partial charge in [0.2, 0.25) is 0 Å². The summed E-state index contributed by atoms with van der Waals surface area (Å²) in [5.74, 6) is -0.592. The third kappa shape index (κ3) is 3.90. The van der Waals surface area contributed by atoms with Gasteiger partial charge in [-0.3, -0.25) is 4.90 Å². The maximum absolute atomic E-state index is 13.6. The number of hydrogen-bond donors (Lipinski definition) is 2. The molecule has 0 aromatic heterocycles. The fourth-order valence-electron chi connectivity index (χ4n) is 2.14. The van der Waals surface area contributed by atoms with Crippen LogP contribution in [0.2, 0.25) is 0 Å². The molecule has 0 aliphatic heterocycles. The predicted octanol–water partition coefficient (Wildman–Crippen LogP) is 1.14. The summed E-state index contributed by atoms with van der Waals surface area (Å²) >= 11 is 0. The van der Waals surface area contributed by atoms with Crippen LogP contribution in [0.3, 0.4) is 0 Å². The van der Waals surface area contributed by atoms with Crippen LogP contribution < -0.4 is 5.46 Å². The molecule has 2 rings (SSSR count). The van der Waals surface area contributed by atoms with Gasteiger partial charge in [0, 0.05) is 18.6 Å². The third-order valence-electron chi connectivity index (χ3n) is 3.09. The third-order valence-corrected chi connectivity index (χ3v) is 3.09. The summed E-state index contributed by atoms with van der Waals surface area (Å²) < 4.78 is 13.6. The highest BCUT2D eigenvalue weighted by Gasteiger charge is 2.16. The molecular weight excluding hydrogens is 256 g/mol. The van der Waals surface area contributed by atoms with Crippen LogP contribution in [0.1, 0.15) is 11.1 Å². The van der Waals surface area contributed by atoms with Crippen molar-refractivity contribution < 1.29 is 14.4 Å². The van der Waals surface area contributed by atoms with E-state index < -0.39 is 12.9 Å². The molecule has 2 aromatic rings. The van der Waals surface area contributed by atoms with Gasteiger partial charge in [0.1, 0.15) is 5.82 Å². The SMILES string of the molecule is CN(Cc1ccccc1)Cc1ccc(B(O)O)c(F)c1. The molecule has 0 bridgehead atoms. The second-order valence-electron chi connectivity index (χ2n) is 4.89. The first kappa shape index (κ1) is 14.7. The molecule has 0 heterocycles. The molecule has 20 heavy (non-hydrogen) atoms. The van der Waals surface area contributed by atoms with Crippen molar-refractivity contribution >= 4 is 12.6 Å². The fraction of sp³-hybridized carbons (Fsp3) is 0.200. The number of hydrogen-bond acceptors (Lipinski definition) is 3. The average molecular weight is 273 g/mol. The van der Waals surface area contributed by atoms with E-state index in [0.29, 0.717) is 6.54 Å². The summed E-state index contributed by atoms with van der Waals surface area (Å²) in [5.41, 5.74) is 1.89. The molecule has 3 nitrogen and oxygen atoms in total. The molecule has 0 saturated carbocycles. The fourth-order valence-corrected chi connectivity index (χ4v) is 2.14. The molecule has 2 N–H and O–H groups in total. The quantitative estimate of drug-likeness (QED) is 0.803. The molecule has 0 fully saturated rings. The lowest BCUT2D eigenvalue weighted by atomic mass is 9.79. The molecule has 0 saturated heterocycles. The Hall–Kier alpha value is -1.69. The predicted molar refractivity (Wildman–Crippen MR) is 77.8 cm³/mol. The molecule has 2 aromatic carbocycles. The average Bonchev–Trinajstić information content (AvgIpc) is 2.39. The minimum atomic E-state index is -1.77. The van der Waals surface area contributed by atoms with Gasteiger partial charge in [0.05, 0.1) is 0 Å². The molecule has 0 aliphatic rings. The van der Waals surface area contributed by atoms with Gasteiger partial charge in [-0.15, -0.1) is 0 Å². The Morgan fingerprint density at radius 2 is 1.65 bits per heavy atom. The number of benzene rings is 2. The maximum atomic E-state index is 13.6. The number of rotatable bonds is 5. The van der Waals surface area contributed by atoms with Crippen molar-refractivity contribution in [3.8, 4) is 0 Å². The Bertz CT molecular complexity index is 563. The lowest BCUT2D eigenvalue weighted by Gasteiger charge is -2.17. The van der Waals surface area contributed by atoms with Gasteiger partial charge in [-0.1, -0.05) is 42.5 Å². The van der Waals surface area contributed by atoms with E-state index in [4.69, 9.17) is 10.0 Å². The summed E-state index contributed by atoms with van der Waals surface area (Å²) in [6.45, 7) is 1.36. The second kappa shape index (κ2) is 6.66. The molecule has 104 valence electrons. The van der Waals surface area contributed by atoms with E-state index in [0.717, 1.165) is 12.1 Å². The minimum Gasteiger partial charge on any atom is -0.423 e.